The maximum atomic E-state index is 12.3. The Morgan fingerprint density at radius 1 is 1.38 bits per heavy atom. The lowest BCUT2D eigenvalue weighted by atomic mass is 10.1. The van der Waals surface area contributed by atoms with Gasteiger partial charge in [0.15, 0.2) is 0 Å². The summed E-state index contributed by atoms with van der Waals surface area (Å²) < 4.78 is 4.75. The minimum absolute atomic E-state index is 0.0511. The van der Waals surface area contributed by atoms with Gasteiger partial charge in [-0.15, -0.1) is 0 Å². The van der Waals surface area contributed by atoms with Gasteiger partial charge >= 0.3 is 5.97 Å². The van der Waals surface area contributed by atoms with E-state index >= 15 is 0 Å². The van der Waals surface area contributed by atoms with Crippen LogP contribution in [0.15, 0.2) is 30.5 Å². The van der Waals surface area contributed by atoms with Crippen LogP contribution in [0.25, 0.3) is 10.9 Å². The summed E-state index contributed by atoms with van der Waals surface area (Å²) in [5, 5.41) is 0.927. The number of rotatable bonds is 2. The average molecular weight is 284 g/mol. The molecule has 0 N–H and O–H groups in total. The van der Waals surface area contributed by atoms with Gasteiger partial charge in [0.25, 0.3) is 0 Å². The third-order valence-electron chi connectivity index (χ3n) is 3.89. The zero-order valence-electron chi connectivity index (χ0n) is 12.0. The first kappa shape index (κ1) is 13.5. The molecule has 1 saturated heterocycles. The predicted octanol–water partition coefficient (Wildman–Crippen LogP) is 2.07. The minimum Gasteiger partial charge on any atom is -0.469 e. The largest absolute Gasteiger partial charge is 0.469 e. The number of aryl methyl sites for hydroxylation is 1. The van der Waals surface area contributed by atoms with E-state index in [9.17, 15) is 9.59 Å². The fourth-order valence-corrected chi connectivity index (χ4v) is 2.85. The lowest BCUT2D eigenvalue weighted by molar-refractivity contribution is -0.145. The summed E-state index contributed by atoms with van der Waals surface area (Å²) in [6, 6.07) is 7.68. The van der Waals surface area contributed by atoms with Gasteiger partial charge < -0.3 is 9.64 Å². The van der Waals surface area contributed by atoms with Gasteiger partial charge in [-0.3, -0.25) is 14.6 Å². The molecule has 1 aliphatic heterocycles. The Labute approximate surface area is 122 Å². The molecule has 3 rings (SSSR count). The zero-order valence-corrected chi connectivity index (χ0v) is 12.0. The summed E-state index contributed by atoms with van der Waals surface area (Å²) in [5.41, 5.74) is 2.68. The minimum atomic E-state index is -0.395. The second kappa shape index (κ2) is 5.16. The fourth-order valence-electron chi connectivity index (χ4n) is 2.85. The van der Waals surface area contributed by atoms with Crippen LogP contribution >= 0.6 is 0 Å². The Bertz CT molecular complexity index is 727. The third kappa shape index (κ3) is 2.24. The molecule has 0 bridgehead atoms. The molecule has 0 saturated carbocycles. The number of nitrogens with zero attached hydrogens (tertiary/aromatic N) is 2. The van der Waals surface area contributed by atoms with Crippen LogP contribution < -0.4 is 4.90 Å². The molecule has 0 radical (unpaired) electrons. The van der Waals surface area contributed by atoms with Crippen molar-refractivity contribution >= 4 is 28.5 Å². The van der Waals surface area contributed by atoms with Crippen molar-refractivity contribution in [3.05, 3.63) is 36.0 Å². The maximum absolute atomic E-state index is 12.3. The van der Waals surface area contributed by atoms with Crippen molar-refractivity contribution in [3.8, 4) is 0 Å². The number of anilines is 1. The van der Waals surface area contributed by atoms with Gasteiger partial charge in [0.2, 0.25) is 5.91 Å². The van der Waals surface area contributed by atoms with Crippen LogP contribution in [0.1, 0.15) is 12.0 Å². The summed E-state index contributed by atoms with van der Waals surface area (Å²) in [4.78, 5) is 30.0. The Kier molecular flexibility index (Phi) is 3.33. The van der Waals surface area contributed by atoms with Crippen LogP contribution in [0.2, 0.25) is 0 Å². The maximum Gasteiger partial charge on any atom is 0.311 e. The summed E-state index contributed by atoms with van der Waals surface area (Å²) in [6.07, 6.45) is 1.92. The highest BCUT2D eigenvalue weighted by Crippen LogP contribution is 2.34. The van der Waals surface area contributed by atoms with E-state index in [1.165, 1.54) is 7.11 Å². The highest BCUT2D eigenvalue weighted by atomic mass is 16.5. The number of hydrogen-bond donors (Lipinski definition) is 0. The SMILES string of the molecule is COC(=O)C1CC(=O)N(c2c(C)ccc3ncccc23)C1. The number of pyridine rings is 1. The molecule has 1 atom stereocenters. The molecule has 5 heteroatoms. The van der Waals surface area contributed by atoms with Gasteiger partial charge in [-0.05, 0) is 30.7 Å². The lowest BCUT2D eigenvalue weighted by Gasteiger charge is -2.21. The molecule has 2 aromatic rings. The van der Waals surface area contributed by atoms with E-state index < -0.39 is 5.92 Å². The third-order valence-corrected chi connectivity index (χ3v) is 3.89. The van der Waals surface area contributed by atoms with Crippen molar-refractivity contribution in [1.82, 2.24) is 4.98 Å². The number of hydrogen-bond acceptors (Lipinski definition) is 4. The number of esters is 1. The van der Waals surface area contributed by atoms with E-state index in [4.69, 9.17) is 4.74 Å². The molecule has 0 spiro atoms. The van der Waals surface area contributed by atoms with Crippen LogP contribution in [-0.2, 0) is 14.3 Å². The van der Waals surface area contributed by atoms with E-state index in [0.717, 1.165) is 22.2 Å². The topological polar surface area (TPSA) is 59.5 Å². The molecule has 1 fully saturated rings. The predicted molar refractivity (Wildman–Crippen MR) is 79.0 cm³/mol. The van der Waals surface area contributed by atoms with Crippen molar-refractivity contribution < 1.29 is 14.3 Å². The van der Waals surface area contributed by atoms with Gasteiger partial charge in [-0.2, -0.15) is 0 Å². The first-order valence-electron chi connectivity index (χ1n) is 6.84. The smallest absolute Gasteiger partial charge is 0.311 e. The number of fused-ring (bicyclic) bond motifs is 1. The van der Waals surface area contributed by atoms with Crippen LogP contribution in [0, 0.1) is 12.8 Å². The summed E-state index contributed by atoms with van der Waals surface area (Å²) in [7, 11) is 1.35. The average Bonchev–Trinajstić information content (AvgIpc) is 2.88. The number of carbonyl (C=O) groups excluding carboxylic acids is 2. The summed E-state index contributed by atoms with van der Waals surface area (Å²) in [5.74, 6) is -0.777. The molecule has 1 aromatic carbocycles. The highest BCUT2D eigenvalue weighted by molar-refractivity contribution is 6.06. The first-order valence-corrected chi connectivity index (χ1v) is 6.84. The van der Waals surface area contributed by atoms with Gasteiger partial charge in [0, 0.05) is 24.5 Å². The van der Waals surface area contributed by atoms with Gasteiger partial charge in [-0.25, -0.2) is 0 Å². The monoisotopic (exact) mass is 284 g/mol. The number of carbonyl (C=O) groups is 2. The molecular weight excluding hydrogens is 268 g/mol. The van der Waals surface area contributed by atoms with E-state index in [1.54, 1.807) is 11.1 Å². The van der Waals surface area contributed by atoms with Crippen LogP contribution in [0.5, 0.6) is 0 Å². The molecule has 21 heavy (non-hydrogen) atoms. The van der Waals surface area contributed by atoms with Gasteiger partial charge in [-0.1, -0.05) is 6.07 Å². The lowest BCUT2D eigenvalue weighted by Crippen LogP contribution is -2.27. The van der Waals surface area contributed by atoms with Crippen LogP contribution in [-0.4, -0.2) is 30.5 Å². The number of methoxy groups -OCH3 is 1. The quantitative estimate of drug-likeness (QED) is 0.792. The second-order valence-corrected chi connectivity index (χ2v) is 5.23. The molecule has 1 aliphatic rings. The van der Waals surface area contributed by atoms with Crippen molar-refractivity contribution in [3.63, 3.8) is 0 Å². The summed E-state index contributed by atoms with van der Waals surface area (Å²) >= 11 is 0. The standard InChI is InChI=1S/C16H16N2O3/c1-10-5-6-13-12(4-3-7-17-13)15(10)18-9-11(8-14(18)19)16(20)21-2/h3-7,11H,8-9H2,1-2H3. The van der Waals surface area contributed by atoms with E-state index in [2.05, 4.69) is 4.98 Å². The molecule has 5 nitrogen and oxygen atoms in total. The number of amides is 1. The number of benzene rings is 1. The number of aromatic nitrogens is 1. The molecule has 108 valence electrons. The van der Waals surface area contributed by atoms with Gasteiger partial charge in [0.05, 0.1) is 24.2 Å². The van der Waals surface area contributed by atoms with Crippen molar-refractivity contribution in [2.75, 3.05) is 18.6 Å². The Morgan fingerprint density at radius 3 is 2.95 bits per heavy atom. The van der Waals surface area contributed by atoms with Crippen LogP contribution in [0.3, 0.4) is 0 Å². The van der Waals surface area contributed by atoms with Crippen molar-refractivity contribution in [2.45, 2.75) is 13.3 Å². The van der Waals surface area contributed by atoms with Crippen LogP contribution in [0.4, 0.5) is 5.69 Å². The Morgan fingerprint density at radius 2 is 2.19 bits per heavy atom. The van der Waals surface area contributed by atoms with E-state index in [0.29, 0.717) is 6.54 Å². The molecule has 1 unspecified atom stereocenters. The molecule has 2 heterocycles. The van der Waals surface area contributed by atoms with Crippen molar-refractivity contribution in [1.29, 1.82) is 0 Å². The Balaban J connectivity index is 2.07. The highest BCUT2D eigenvalue weighted by Gasteiger charge is 2.36. The van der Waals surface area contributed by atoms with Crippen molar-refractivity contribution in [2.24, 2.45) is 5.92 Å². The van der Waals surface area contributed by atoms with E-state index in [-0.39, 0.29) is 18.3 Å². The first-order chi connectivity index (χ1) is 10.1. The zero-order chi connectivity index (χ0) is 15.0. The molecule has 1 aromatic heterocycles. The summed E-state index contributed by atoms with van der Waals surface area (Å²) in [6.45, 7) is 2.32. The second-order valence-electron chi connectivity index (χ2n) is 5.23. The van der Waals surface area contributed by atoms with E-state index in [1.807, 2.05) is 31.2 Å². The Hall–Kier alpha value is -2.43. The molecular formula is C16H16N2O3. The molecule has 0 aliphatic carbocycles. The normalized spacial score (nSPS) is 18.3. The molecule has 1 amide bonds. The number of ether oxygens (including phenoxy) is 1. The fraction of sp³-hybridized carbons (Fsp3) is 0.312. The van der Waals surface area contributed by atoms with Gasteiger partial charge in [0.1, 0.15) is 0 Å².